The van der Waals surface area contributed by atoms with Crippen LogP contribution in [0.25, 0.3) is 0 Å². The van der Waals surface area contributed by atoms with Crippen molar-refractivity contribution in [3.8, 4) is 0 Å². The number of amides is 1. The van der Waals surface area contributed by atoms with Gasteiger partial charge in [-0.15, -0.1) is 0 Å². The summed E-state index contributed by atoms with van der Waals surface area (Å²) in [4.78, 5) is 15.2. The molecule has 0 aromatic rings. The third kappa shape index (κ3) is 4.45. The first kappa shape index (κ1) is 15.3. The highest BCUT2D eigenvalue weighted by Gasteiger charge is 2.32. The first-order valence-electron chi connectivity index (χ1n) is 9.39. The standard InChI is InChI=1S/C18H32N2O/c21-18(13-14-19-15-11-12-15)20(16-7-3-1-4-8-16)17-9-5-2-6-10-17/h15-17,19H,1-14H2. The molecule has 0 spiro atoms. The van der Waals surface area contributed by atoms with E-state index in [2.05, 4.69) is 10.2 Å². The monoisotopic (exact) mass is 292 g/mol. The lowest BCUT2D eigenvalue weighted by Crippen LogP contribution is -2.49. The van der Waals surface area contributed by atoms with Crippen molar-refractivity contribution in [3.63, 3.8) is 0 Å². The van der Waals surface area contributed by atoms with E-state index in [-0.39, 0.29) is 0 Å². The van der Waals surface area contributed by atoms with Crippen molar-refractivity contribution in [2.45, 2.75) is 102 Å². The average molecular weight is 292 g/mol. The van der Waals surface area contributed by atoms with Crippen LogP contribution in [0.5, 0.6) is 0 Å². The van der Waals surface area contributed by atoms with E-state index in [0.717, 1.165) is 12.6 Å². The van der Waals surface area contributed by atoms with Crippen LogP contribution < -0.4 is 5.32 Å². The Labute approximate surface area is 129 Å². The fourth-order valence-corrected chi connectivity index (χ4v) is 4.22. The van der Waals surface area contributed by atoms with Gasteiger partial charge >= 0.3 is 0 Å². The Kier molecular flexibility index (Phi) is 5.56. The van der Waals surface area contributed by atoms with E-state index in [1.807, 2.05) is 0 Å². The van der Waals surface area contributed by atoms with Gasteiger partial charge in [-0.3, -0.25) is 4.79 Å². The van der Waals surface area contributed by atoms with Gasteiger partial charge in [0.25, 0.3) is 0 Å². The topological polar surface area (TPSA) is 32.3 Å². The third-order valence-corrected chi connectivity index (χ3v) is 5.57. The van der Waals surface area contributed by atoms with Crippen LogP contribution in [-0.2, 0) is 4.79 Å². The number of hydrogen-bond donors (Lipinski definition) is 1. The fourth-order valence-electron chi connectivity index (χ4n) is 4.22. The lowest BCUT2D eigenvalue weighted by atomic mass is 9.88. The summed E-state index contributed by atoms with van der Waals surface area (Å²) >= 11 is 0. The summed E-state index contributed by atoms with van der Waals surface area (Å²) in [5.41, 5.74) is 0. The van der Waals surface area contributed by atoms with Gasteiger partial charge < -0.3 is 10.2 Å². The molecular formula is C18H32N2O. The number of nitrogens with one attached hydrogen (secondary N) is 1. The Morgan fingerprint density at radius 3 is 1.81 bits per heavy atom. The summed E-state index contributed by atoms with van der Waals surface area (Å²) in [5.74, 6) is 0.432. The Bertz CT molecular complexity index is 310. The molecule has 0 heterocycles. The second-order valence-electron chi connectivity index (χ2n) is 7.36. The molecule has 3 saturated carbocycles. The summed E-state index contributed by atoms with van der Waals surface area (Å²) < 4.78 is 0. The van der Waals surface area contributed by atoms with Crippen molar-refractivity contribution in [2.75, 3.05) is 6.54 Å². The van der Waals surface area contributed by atoms with Gasteiger partial charge in [-0.05, 0) is 38.5 Å². The summed E-state index contributed by atoms with van der Waals surface area (Å²) in [6.07, 6.45) is 16.3. The number of hydrogen-bond acceptors (Lipinski definition) is 2. The molecule has 3 aliphatic carbocycles. The van der Waals surface area contributed by atoms with Crippen LogP contribution in [0.15, 0.2) is 0 Å². The molecule has 0 aromatic heterocycles. The minimum atomic E-state index is 0.432. The van der Waals surface area contributed by atoms with E-state index >= 15 is 0 Å². The molecule has 3 rings (SSSR count). The molecule has 21 heavy (non-hydrogen) atoms. The molecule has 0 aromatic carbocycles. The van der Waals surface area contributed by atoms with Crippen molar-refractivity contribution >= 4 is 5.91 Å². The lowest BCUT2D eigenvalue weighted by molar-refractivity contribution is -0.137. The number of carbonyl (C=O) groups is 1. The zero-order valence-electron chi connectivity index (χ0n) is 13.5. The normalized spacial score (nSPS) is 25.0. The number of nitrogens with zero attached hydrogens (tertiary/aromatic N) is 1. The van der Waals surface area contributed by atoms with Crippen molar-refractivity contribution in [1.29, 1.82) is 0 Å². The van der Waals surface area contributed by atoms with Crippen LogP contribution in [0.3, 0.4) is 0 Å². The Balaban J connectivity index is 1.56. The summed E-state index contributed by atoms with van der Waals surface area (Å²) in [5, 5.41) is 3.50. The molecular weight excluding hydrogens is 260 g/mol. The maximum atomic E-state index is 12.8. The van der Waals surface area contributed by atoms with E-state index in [4.69, 9.17) is 0 Å². The van der Waals surface area contributed by atoms with Crippen LogP contribution >= 0.6 is 0 Å². The fraction of sp³-hybridized carbons (Fsp3) is 0.944. The van der Waals surface area contributed by atoms with Crippen LogP contribution in [0.1, 0.15) is 83.5 Å². The van der Waals surface area contributed by atoms with Gasteiger partial charge in [0.2, 0.25) is 5.91 Å². The van der Waals surface area contributed by atoms with Crippen molar-refractivity contribution in [3.05, 3.63) is 0 Å². The zero-order valence-corrected chi connectivity index (χ0v) is 13.5. The van der Waals surface area contributed by atoms with E-state index in [1.54, 1.807) is 0 Å². The zero-order chi connectivity index (χ0) is 14.5. The van der Waals surface area contributed by atoms with Gasteiger partial charge in [-0.1, -0.05) is 38.5 Å². The second kappa shape index (κ2) is 7.62. The minimum Gasteiger partial charge on any atom is -0.337 e. The maximum Gasteiger partial charge on any atom is 0.224 e. The van der Waals surface area contributed by atoms with Crippen molar-refractivity contribution < 1.29 is 4.79 Å². The number of carbonyl (C=O) groups excluding carboxylic acids is 1. The highest BCUT2D eigenvalue weighted by atomic mass is 16.2. The second-order valence-corrected chi connectivity index (χ2v) is 7.36. The summed E-state index contributed by atoms with van der Waals surface area (Å²) in [6, 6.07) is 1.82. The molecule has 120 valence electrons. The Morgan fingerprint density at radius 1 is 0.810 bits per heavy atom. The largest absolute Gasteiger partial charge is 0.337 e. The average Bonchev–Trinajstić information content (AvgIpc) is 3.34. The first-order valence-corrected chi connectivity index (χ1v) is 9.39. The molecule has 3 fully saturated rings. The molecule has 0 saturated heterocycles. The smallest absolute Gasteiger partial charge is 0.224 e. The first-order chi connectivity index (χ1) is 10.3. The molecule has 0 unspecified atom stereocenters. The summed E-state index contributed by atoms with van der Waals surface area (Å²) in [6.45, 7) is 0.888. The molecule has 3 nitrogen and oxygen atoms in total. The Morgan fingerprint density at radius 2 is 1.33 bits per heavy atom. The van der Waals surface area contributed by atoms with E-state index in [0.29, 0.717) is 24.4 Å². The van der Waals surface area contributed by atoms with Gasteiger partial charge in [0, 0.05) is 31.1 Å². The van der Waals surface area contributed by atoms with Gasteiger partial charge in [0.15, 0.2) is 0 Å². The van der Waals surface area contributed by atoms with Crippen LogP contribution in [0.2, 0.25) is 0 Å². The van der Waals surface area contributed by atoms with Gasteiger partial charge in [0.05, 0.1) is 0 Å². The molecule has 3 aliphatic rings. The molecule has 1 N–H and O–H groups in total. The molecule has 0 atom stereocenters. The van der Waals surface area contributed by atoms with Gasteiger partial charge in [-0.25, -0.2) is 0 Å². The van der Waals surface area contributed by atoms with Gasteiger partial charge in [0.1, 0.15) is 0 Å². The van der Waals surface area contributed by atoms with Crippen LogP contribution in [-0.4, -0.2) is 35.5 Å². The third-order valence-electron chi connectivity index (χ3n) is 5.57. The Hall–Kier alpha value is -0.570. The predicted octanol–water partition coefficient (Wildman–Crippen LogP) is 3.62. The van der Waals surface area contributed by atoms with Crippen molar-refractivity contribution in [2.24, 2.45) is 0 Å². The molecule has 3 heteroatoms. The molecule has 1 amide bonds. The molecule has 0 bridgehead atoms. The van der Waals surface area contributed by atoms with Crippen molar-refractivity contribution in [1.82, 2.24) is 10.2 Å². The van der Waals surface area contributed by atoms with Crippen LogP contribution in [0, 0.1) is 0 Å². The highest BCUT2D eigenvalue weighted by Crippen LogP contribution is 2.30. The number of rotatable bonds is 6. The predicted molar refractivity (Wildman–Crippen MR) is 86.2 cm³/mol. The molecule has 0 radical (unpaired) electrons. The molecule has 0 aliphatic heterocycles. The minimum absolute atomic E-state index is 0.432. The van der Waals surface area contributed by atoms with Gasteiger partial charge in [-0.2, -0.15) is 0 Å². The van der Waals surface area contributed by atoms with E-state index < -0.39 is 0 Å². The quantitative estimate of drug-likeness (QED) is 0.811. The lowest BCUT2D eigenvalue weighted by Gasteiger charge is -2.42. The van der Waals surface area contributed by atoms with E-state index in [1.165, 1.54) is 77.0 Å². The SMILES string of the molecule is O=C(CCNC1CC1)N(C1CCCCC1)C1CCCCC1. The summed E-state index contributed by atoms with van der Waals surface area (Å²) in [7, 11) is 0. The van der Waals surface area contributed by atoms with E-state index in [9.17, 15) is 4.79 Å². The van der Waals surface area contributed by atoms with Crippen LogP contribution in [0.4, 0.5) is 0 Å². The maximum absolute atomic E-state index is 12.8. The highest BCUT2D eigenvalue weighted by molar-refractivity contribution is 5.77.